The summed E-state index contributed by atoms with van der Waals surface area (Å²) in [5.41, 5.74) is 0.0144. The molecule has 0 bridgehead atoms. The molecule has 4 nitrogen and oxygen atoms in total. The number of hydrogen-bond donors (Lipinski definition) is 2. The normalized spacial score (nSPS) is 14.4. The Morgan fingerprint density at radius 2 is 2.00 bits per heavy atom. The molecule has 2 heterocycles. The third-order valence-electron chi connectivity index (χ3n) is 2.00. The van der Waals surface area contributed by atoms with Crippen molar-refractivity contribution >= 4 is 39.5 Å². The molecule has 1 aliphatic heterocycles. The lowest BCUT2D eigenvalue weighted by Gasteiger charge is -1.79. The number of amides is 1. The number of benzene rings is 1. The topological polar surface area (TPSA) is 62.0 Å². The van der Waals surface area contributed by atoms with Crippen molar-refractivity contribution in [2.75, 3.05) is 5.75 Å². The number of H-pyrrole nitrogens is 1. The van der Waals surface area contributed by atoms with Gasteiger partial charge in [0.15, 0.2) is 0 Å². The monoisotopic (exact) mass is 254 g/mol. The molecule has 0 atom stereocenters. The van der Waals surface area contributed by atoms with Gasteiger partial charge in [0.2, 0.25) is 5.91 Å². The molecule has 16 heavy (non-hydrogen) atoms. The molecule has 0 saturated carbocycles. The molecular formula is C10H10N2O2S2. The Bertz CT molecular complexity index is 539. The Morgan fingerprint density at radius 3 is 2.56 bits per heavy atom. The van der Waals surface area contributed by atoms with Crippen molar-refractivity contribution in [1.82, 2.24) is 9.10 Å². The number of rotatable bonds is 0. The molecule has 6 heteroatoms. The maximum Gasteiger partial charge on any atom is 0.265 e. The molecule has 2 aromatic rings. The zero-order valence-corrected chi connectivity index (χ0v) is 9.99. The van der Waals surface area contributed by atoms with Crippen LogP contribution in [0.25, 0.3) is 10.1 Å². The number of nitrogens with one attached hydrogen (secondary N) is 2. The van der Waals surface area contributed by atoms with E-state index in [1.165, 1.54) is 23.5 Å². The highest BCUT2D eigenvalue weighted by Crippen LogP contribution is 2.11. The van der Waals surface area contributed by atoms with Crippen LogP contribution in [0.4, 0.5) is 0 Å². The van der Waals surface area contributed by atoms with Crippen LogP contribution in [0.15, 0.2) is 29.1 Å². The van der Waals surface area contributed by atoms with Gasteiger partial charge in [0.05, 0.1) is 10.1 Å². The zero-order valence-electron chi connectivity index (χ0n) is 8.36. The van der Waals surface area contributed by atoms with Crippen molar-refractivity contribution in [3.63, 3.8) is 0 Å². The average molecular weight is 254 g/mol. The molecule has 2 N–H and O–H groups in total. The molecule has 1 saturated heterocycles. The number of fused-ring (bicyclic) bond motifs is 1. The highest BCUT2D eigenvalue weighted by molar-refractivity contribution is 7.98. The highest BCUT2D eigenvalue weighted by atomic mass is 32.2. The van der Waals surface area contributed by atoms with Crippen LogP contribution in [0.3, 0.4) is 0 Å². The summed E-state index contributed by atoms with van der Waals surface area (Å²) in [4.78, 5) is 21.0. The number of aromatic nitrogens is 1. The smallest absolute Gasteiger partial charge is 0.265 e. The van der Waals surface area contributed by atoms with Crippen LogP contribution in [0.2, 0.25) is 0 Å². The van der Waals surface area contributed by atoms with Crippen molar-refractivity contribution in [2.24, 2.45) is 0 Å². The van der Waals surface area contributed by atoms with E-state index < -0.39 is 0 Å². The first kappa shape index (κ1) is 11.2. The summed E-state index contributed by atoms with van der Waals surface area (Å²) in [6.45, 7) is 0. The first-order valence-electron chi connectivity index (χ1n) is 4.74. The molecule has 1 aliphatic rings. The second kappa shape index (κ2) is 5.18. The van der Waals surface area contributed by atoms with E-state index in [-0.39, 0.29) is 11.5 Å². The van der Waals surface area contributed by atoms with E-state index in [0.717, 1.165) is 15.8 Å². The summed E-state index contributed by atoms with van der Waals surface area (Å²) >= 11 is 2.86. The average Bonchev–Trinajstić information content (AvgIpc) is 2.91. The molecule has 84 valence electrons. The quantitative estimate of drug-likeness (QED) is 0.704. The molecular weight excluding hydrogens is 244 g/mol. The van der Waals surface area contributed by atoms with Gasteiger partial charge in [0.1, 0.15) is 0 Å². The van der Waals surface area contributed by atoms with Crippen LogP contribution >= 0.6 is 23.5 Å². The van der Waals surface area contributed by atoms with Gasteiger partial charge in [-0.05, 0) is 24.1 Å². The fourth-order valence-electron chi connectivity index (χ4n) is 1.23. The van der Waals surface area contributed by atoms with Gasteiger partial charge in [-0.15, -0.1) is 0 Å². The summed E-state index contributed by atoms with van der Waals surface area (Å²) in [6.07, 6.45) is 0.699. The molecule has 0 unspecified atom stereocenters. The first-order valence-corrected chi connectivity index (χ1v) is 6.54. The third-order valence-corrected chi connectivity index (χ3v) is 3.65. The Morgan fingerprint density at radius 1 is 1.19 bits per heavy atom. The lowest BCUT2D eigenvalue weighted by Crippen LogP contribution is -2.04. The molecule has 0 radical (unpaired) electrons. The van der Waals surface area contributed by atoms with Crippen molar-refractivity contribution in [3.8, 4) is 0 Å². The summed E-state index contributed by atoms with van der Waals surface area (Å²) in [5, 5.41) is 0.785. The Labute approximate surface area is 100 Å². The minimum atomic E-state index is 0.0144. The fraction of sp³-hybridized carbons (Fsp3) is 0.200. The Kier molecular flexibility index (Phi) is 3.63. The molecule has 1 amide bonds. The van der Waals surface area contributed by atoms with E-state index in [4.69, 9.17) is 0 Å². The van der Waals surface area contributed by atoms with Gasteiger partial charge in [-0.25, -0.2) is 0 Å². The second-order valence-electron chi connectivity index (χ2n) is 3.15. The third kappa shape index (κ3) is 2.65. The van der Waals surface area contributed by atoms with E-state index in [2.05, 4.69) is 9.10 Å². The number of carbonyl (C=O) groups is 1. The van der Waals surface area contributed by atoms with Crippen molar-refractivity contribution < 1.29 is 4.79 Å². The van der Waals surface area contributed by atoms with E-state index in [1.807, 2.05) is 24.3 Å². The number of aromatic amines is 1. The Hall–Kier alpha value is -1.27. The minimum Gasteiger partial charge on any atom is -0.300 e. The maximum absolute atomic E-state index is 10.9. The van der Waals surface area contributed by atoms with Crippen LogP contribution in [0.5, 0.6) is 0 Å². The van der Waals surface area contributed by atoms with Gasteiger partial charge < -0.3 is 4.72 Å². The zero-order chi connectivity index (χ0) is 11.4. The molecule has 0 spiro atoms. The van der Waals surface area contributed by atoms with E-state index in [1.54, 1.807) is 0 Å². The van der Waals surface area contributed by atoms with Crippen LogP contribution in [-0.2, 0) is 4.79 Å². The molecule has 3 rings (SSSR count). The lowest BCUT2D eigenvalue weighted by molar-refractivity contribution is -0.118. The van der Waals surface area contributed by atoms with Crippen LogP contribution in [-0.4, -0.2) is 16.0 Å². The van der Waals surface area contributed by atoms with Crippen molar-refractivity contribution in [2.45, 2.75) is 6.42 Å². The highest BCUT2D eigenvalue weighted by Gasteiger charge is 2.06. The molecule has 0 aliphatic carbocycles. The van der Waals surface area contributed by atoms with E-state index in [9.17, 15) is 9.59 Å². The fourth-order valence-corrected chi connectivity index (χ4v) is 2.61. The molecule has 1 aromatic heterocycles. The van der Waals surface area contributed by atoms with Gasteiger partial charge >= 0.3 is 0 Å². The van der Waals surface area contributed by atoms with Gasteiger partial charge in [0, 0.05) is 12.2 Å². The summed E-state index contributed by atoms with van der Waals surface area (Å²) in [6, 6.07) is 7.54. The predicted molar refractivity (Wildman–Crippen MR) is 67.7 cm³/mol. The predicted octanol–water partition coefficient (Wildman–Crippen LogP) is 1.74. The van der Waals surface area contributed by atoms with E-state index >= 15 is 0 Å². The SMILES string of the molecule is O=C1CCSN1.O=c1[nH]sc2ccccc12. The Balaban J connectivity index is 0.000000138. The maximum atomic E-state index is 10.9. The summed E-state index contributed by atoms with van der Waals surface area (Å²) in [7, 11) is 0. The number of carbonyl (C=O) groups excluding carboxylic acids is 1. The number of hydrogen-bond acceptors (Lipinski definition) is 4. The summed E-state index contributed by atoms with van der Waals surface area (Å²) < 4.78 is 6.28. The lowest BCUT2D eigenvalue weighted by atomic mass is 10.3. The molecule has 1 fully saturated rings. The van der Waals surface area contributed by atoms with Crippen molar-refractivity contribution in [1.29, 1.82) is 0 Å². The van der Waals surface area contributed by atoms with Crippen molar-refractivity contribution in [3.05, 3.63) is 34.6 Å². The van der Waals surface area contributed by atoms with Gasteiger partial charge in [-0.1, -0.05) is 23.7 Å². The standard InChI is InChI=1S/C7H5NOS.C3H5NOS/c9-7-5-3-1-2-4-6(5)10-8-7;5-3-1-2-6-4-3/h1-4H,(H,8,9);1-2H2,(H,4,5). The second-order valence-corrected chi connectivity index (χ2v) is 4.90. The van der Waals surface area contributed by atoms with Crippen LogP contribution < -0.4 is 10.3 Å². The van der Waals surface area contributed by atoms with Crippen LogP contribution in [0.1, 0.15) is 6.42 Å². The van der Waals surface area contributed by atoms with Gasteiger partial charge in [-0.2, -0.15) is 0 Å². The van der Waals surface area contributed by atoms with E-state index in [0.29, 0.717) is 6.42 Å². The summed E-state index contributed by atoms with van der Waals surface area (Å²) in [5.74, 6) is 1.11. The van der Waals surface area contributed by atoms with Gasteiger partial charge in [-0.3, -0.25) is 14.0 Å². The minimum absolute atomic E-state index is 0.0144. The van der Waals surface area contributed by atoms with Crippen LogP contribution in [0, 0.1) is 0 Å². The largest absolute Gasteiger partial charge is 0.300 e. The molecule has 1 aromatic carbocycles. The first-order chi connectivity index (χ1) is 7.77. The van der Waals surface area contributed by atoms with Gasteiger partial charge in [0.25, 0.3) is 5.56 Å².